The number of benzene rings is 1. The summed E-state index contributed by atoms with van der Waals surface area (Å²) < 4.78 is 0. The molecule has 0 saturated carbocycles. The summed E-state index contributed by atoms with van der Waals surface area (Å²) >= 11 is 0. The maximum atomic E-state index is 12.8. The van der Waals surface area contributed by atoms with Crippen LogP contribution in [-0.4, -0.2) is 71.7 Å². The Bertz CT molecular complexity index is 654. The summed E-state index contributed by atoms with van der Waals surface area (Å²) in [5.74, 6) is 0.188. The number of hydrogen-bond acceptors (Lipinski definition) is 3. The number of piperazine rings is 1. The Morgan fingerprint density at radius 2 is 1.58 bits per heavy atom. The van der Waals surface area contributed by atoms with E-state index in [4.69, 9.17) is 0 Å². The maximum absolute atomic E-state index is 12.8. The first-order valence-electron chi connectivity index (χ1n) is 9.40. The summed E-state index contributed by atoms with van der Waals surface area (Å²) in [5, 5.41) is 0. The summed E-state index contributed by atoms with van der Waals surface area (Å²) in [6.45, 7) is 5.17. The first-order valence-corrected chi connectivity index (χ1v) is 9.40. The standard InChI is InChI=1S/C20H27N3O3/c1-16(24)23-9-5-8-18(15-23)20(26)22-12-10-21(11-13-22)19(25)14-17-6-3-2-4-7-17/h2-4,6-7,18H,5,8-15H2,1H3. The van der Waals surface area contributed by atoms with Crippen molar-refractivity contribution in [1.29, 1.82) is 0 Å². The highest BCUT2D eigenvalue weighted by molar-refractivity contribution is 5.82. The fourth-order valence-corrected chi connectivity index (χ4v) is 3.78. The van der Waals surface area contributed by atoms with E-state index in [1.54, 1.807) is 11.8 Å². The van der Waals surface area contributed by atoms with Gasteiger partial charge in [-0.25, -0.2) is 0 Å². The first kappa shape index (κ1) is 18.4. The maximum Gasteiger partial charge on any atom is 0.227 e. The molecule has 2 aliphatic heterocycles. The Hall–Kier alpha value is -2.37. The van der Waals surface area contributed by atoms with E-state index in [9.17, 15) is 14.4 Å². The lowest BCUT2D eigenvalue weighted by Gasteiger charge is -2.39. The molecule has 2 fully saturated rings. The predicted molar refractivity (Wildman–Crippen MR) is 98.3 cm³/mol. The number of likely N-dealkylation sites (tertiary alicyclic amines) is 1. The molecule has 3 rings (SSSR count). The molecule has 0 radical (unpaired) electrons. The highest BCUT2D eigenvalue weighted by atomic mass is 16.2. The van der Waals surface area contributed by atoms with Crippen molar-refractivity contribution in [2.75, 3.05) is 39.3 Å². The van der Waals surface area contributed by atoms with E-state index in [1.165, 1.54) is 0 Å². The van der Waals surface area contributed by atoms with Crippen LogP contribution in [-0.2, 0) is 20.8 Å². The third-order valence-electron chi connectivity index (χ3n) is 5.36. The van der Waals surface area contributed by atoms with Gasteiger partial charge in [-0.1, -0.05) is 30.3 Å². The molecule has 0 aromatic heterocycles. The third-order valence-corrected chi connectivity index (χ3v) is 5.36. The molecule has 0 aliphatic carbocycles. The summed E-state index contributed by atoms with van der Waals surface area (Å²) in [6.07, 6.45) is 2.13. The Balaban J connectivity index is 1.49. The van der Waals surface area contributed by atoms with Crippen molar-refractivity contribution in [3.63, 3.8) is 0 Å². The fraction of sp³-hybridized carbons (Fsp3) is 0.550. The SMILES string of the molecule is CC(=O)N1CCCC(C(=O)N2CCN(C(=O)Cc3ccccc3)CC2)C1. The monoisotopic (exact) mass is 357 g/mol. The molecule has 6 heteroatoms. The molecule has 1 atom stereocenters. The number of piperidine rings is 1. The van der Waals surface area contributed by atoms with Crippen LogP contribution in [0.25, 0.3) is 0 Å². The van der Waals surface area contributed by atoms with Crippen molar-refractivity contribution in [1.82, 2.24) is 14.7 Å². The second-order valence-electron chi connectivity index (χ2n) is 7.17. The van der Waals surface area contributed by atoms with Gasteiger partial charge in [0.25, 0.3) is 0 Å². The Kier molecular flexibility index (Phi) is 5.91. The topological polar surface area (TPSA) is 60.9 Å². The van der Waals surface area contributed by atoms with Gasteiger partial charge in [-0.05, 0) is 18.4 Å². The Morgan fingerprint density at radius 1 is 0.923 bits per heavy atom. The van der Waals surface area contributed by atoms with E-state index in [-0.39, 0.29) is 23.6 Å². The normalized spacial score (nSPS) is 20.8. The van der Waals surface area contributed by atoms with E-state index in [0.29, 0.717) is 39.1 Å². The molecule has 6 nitrogen and oxygen atoms in total. The van der Waals surface area contributed by atoms with Gasteiger partial charge in [-0.15, -0.1) is 0 Å². The van der Waals surface area contributed by atoms with Crippen LogP contribution < -0.4 is 0 Å². The first-order chi connectivity index (χ1) is 12.5. The van der Waals surface area contributed by atoms with Crippen LogP contribution in [0.5, 0.6) is 0 Å². The zero-order chi connectivity index (χ0) is 18.5. The van der Waals surface area contributed by atoms with Crippen molar-refractivity contribution < 1.29 is 14.4 Å². The molecule has 0 spiro atoms. The minimum Gasteiger partial charge on any atom is -0.342 e. The number of amides is 3. The average Bonchev–Trinajstić information content (AvgIpc) is 2.68. The van der Waals surface area contributed by atoms with Gasteiger partial charge in [0.15, 0.2) is 0 Å². The molecule has 2 aliphatic rings. The predicted octanol–water partition coefficient (Wildman–Crippen LogP) is 1.16. The van der Waals surface area contributed by atoms with Gasteiger partial charge < -0.3 is 14.7 Å². The summed E-state index contributed by atoms with van der Waals surface area (Å²) in [5.41, 5.74) is 1.02. The lowest BCUT2D eigenvalue weighted by Crippen LogP contribution is -2.54. The van der Waals surface area contributed by atoms with E-state index < -0.39 is 0 Å². The molecule has 0 bridgehead atoms. The lowest BCUT2D eigenvalue weighted by molar-refractivity contribution is -0.144. The molecular formula is C20H27N3O3. The van der Waals surface area contributed by atoms with E-state index in [0.717, 1.165) is 24.9 Å². The molecule has 2 saturated heterocycles. The van der Waals surface area contributed by atoms with Gasteiger partial charge in [0.1, 0.15) is 0 Å². The van der Waals surface area contributed by atoms with Crippen LogP contribution in [0.4, 0.5) is 0 Å². The molecule has 3 amide bonds. The fourth-order valence-electron chi connectivity index (χ4n) is 3.78. The number of carbonyl (C=O) groups is 3. The van der Waals surface area contributed by atoms with E-state index in [1.807, 2.05) is 40.1 Å². The largest absolute Gasteiger partial charge is 0.342 e. The smallest absolute Gasteiger partial charge is 0.227 e. The van der Waals surface area contributed by atoms with Crippen molar-refractivity contribution in [2.24, 2.45) is 5.92 Å². The number of nitrogens with zero attached hydrogens (tertiary/aromatic N) is 3. The van der Waals surface area contributed by atoms with Gasteiger partial charge in [0, 0.05) is 46.2 Å². The van der Waals surface area contributed by atoms with Gasteiger partial charge >= 0.3 is 0 Å². The molecule has 1 aromatic carbocycles. The molecular weight excluding hydrogens is 330 g/mol. The summed E-state index contributed by atoms with van der Waals surface area (Å²) in [4.78, 5) is 42.3. The van der Waals surface area contributed by atoms with Crippen LogP contribution in [0.1, 0.15) is 25.3 Å². The van der Waals surface area contributed by atoms with E-state index in [2.05, 4.69) is 0 Å². The van der Waals surface area contributed by atoms with Crippen LogP contribution >= 0.6 is 0 Å². The molecule has 26 heavy (non-hydrogen) atoms. The minimum atomic E-state index is -0.0979. The van der Waals surface area contributed by atoms with Gasteiger partial charge in [0.05, 0.1) is 12.3 Å². The molecule has 140 valence electrons. The molecule has 1 unspecified atom stereocenters. The molecule has 1 aromatic rings. The van der Waals surface area contributed by atoms with Crippen molar-refractivity contribution in [3.05, 3.63) is 35.9 Å². The second kappa shape index (κ2) is 8.34. The second-order valence-corrected chi connectivity index (χ2v) is 7.17. The highest BCUT2D eigenvalue weighted by Crippen LogP contribution is 2.20. The van der Waals surface area contributed by atoms with Gasteiger partial charge in [0.2, 0.25) is 17.7 Å². The van der Waals surface area contributed by atoms with Crippen molar-refractivity contribution >= 4 is 17.7 Å². The van der Waals surface area contributed by atoms with Crippen molar-refractivity contribution in [2.45, 2.75) is 26.2 Å². The van der Waals surface area contributed by atoms with Crippen molar-refractivity contribution in [3.8, 4) is 0 Å². The van der Waals surface area contributed by atoms with Crippen LogP contribution in [0.15, 0.2) is 30.3 Å². The average molecular weight is 357 g/mol. The minimum absolute atomic E-state index is 0.0406. The van der Waals surface area contributed by atoms with Crippen LogP contribution in [0.3, 0.4) is 0 Å². The highest BCUT2D eigenvalue weighted by Gasteiger charge is 2.32. The van der Waals surface area contributed by atoms with Crippen LogP contribution in [0, 0.1) is 5.92 Å². The third kappa shape index (κ3) is 4.42. The van der Waals surface area contributed by atoms with Crippen LogP contribution in [0.2, 0.25) is 0 Å². The number of rotatable bonds is 3. The summed E-state index contributed by atoms with van der Waals surface area (Å²) in [6, 6.07) is 9.74. The van der Waals surface area contributed by atoms with Gasteiger partial charge in [-0.2, -0.15) is 0 Å². The van der Waals surface area contributed by atoms with Gasteiger partial charge in [-0.3, -0.25) is 14.4 Å². The summed E-state index contributed by atoms with van der Waals surface area (Å²) in [7, 11) is 0. The zero-order valence-corrected chi connectivity index (χ0v) is 15.4. The number of carbonyl (C=O) groups excluding carboxylic acids is 3. The molecule has 0 N–H and O–H groups in total. The molecule has 2 heterocycles. The Labute approximate surface area is 154 Å². The Morgan fingerprint density at radius 3 is 2.23 bits per heavy atom. The quantitative estimate of drug-likeness (QED) is 0.816. The number of hydrogen-bond donors (Lipinski definition) is 0. The van der Waals surface area contributed by atoms with E-state index >= 15 is 0 Å². The zero-order valence-electron chi connectivity index (χ0n) is 15.4. The lowest BCUT2D eigenvalue weighted by atomic mass is 9.96.